The average molecular weight is 338 g/mol. The summed E-state index contributed by atoms with van der Waals surface area (Å²) in [6, 6.07) is 0. The van der Waals surface area contributed by atoms with E-state index in [0.717, 1.165) is 58.0 Å². The summed E-state index contributed by atoms with van der Waals surface area (Å²) < 4.78 is 5.51. The summed E-state index contributed by atoms with van der Waals surface area (Å²) in [5.74, 6) is 1.03. The fourth-order valence-corrected chi connectivity index (χ4v) is 4.88. The Bertz CT molecular complexity index is 403. The maximum absolute atomic E-state index is 13.1. The van der Waals surface area contributed by atoms with Crippen LogP contribution < -0.4 is 5.32 Å². The normalized spacial score (nSPS) is 29.3. The van der Waals surface area contributed by atoms with Crippen LogP contribution in [0.1, 0.15) is 51.4 Å². The number of amides is 1. The molecule has 24 heavy (non-hydrogen) atoms. The van der Waals surface area contributed by atoms with Gasteiger partial charge in [-0.25, -0.2) is 0 Å². The lowest BCUT2D eigenvalue weighted by Crippen LogP contribution is -2.62. The summed E-state index contributed by atoms with van der Waals surface area (Å²) in [7, 11) is 2.21. The number of carbonyl (C=O) groups is 1. The summed E-state index contributed by atoms with van der Waals surface area (Å²) in [6.45, 7) is 6.59. The van der Waals surface area contributed by atoms with Gasteiger partial charge in [0.1, 0.15) is 5.54 Å². The van der Waals surface area contributed by atoms with Crippen molar-refractivity contribution in [2.24, 2.45) is 5.92 Å². The van der Waals surface area contributed by atoms with Crippen LogP contribution in [0.4, 0.5) is 0 Å². The minimum atomic E-state index is -0.259. The van der Waals surface area contributed by atoms with Crippen LogP contribution in [0.15, 0.2) is 0 Å². The lowest BCUT2D eigenvalue weighted by molar-refractivity contribution is -0.140. The molecule has 3 aliphatic rings. The number of nitrogens with zero attached hydrogens (tertiary/aromatic N) is 2. The fraction of sp³-hybridized carbons (Fsp3) is 0.947. The molecule has 0 aromatic heterocycles. The Morgan fingerprint density at radius 3 is 2.58 bits per heavy atom. The Labute approximate surface area is 147 Å². The zero-order valence-electron chi connectivity index (χ0n) is 15.4. The van der Waals surface area contributed by atoms with E-state index >= 15 is 0 Å². The maximum Gasteiger partial charge on any atom is 0.240 e. The number of hydrogen-bond donors (Lipinski definition) is 1. The van der Waals surface area contributed by atoms with E-state index in [1.807, 2.05) is 0 Å². The van der Waals surface area contributed by atoms with Gasteiger partial charge in [0.15, 0.2) is 0 Å². The van der Waals surface area contributed by atoms with Crippen molar-refractivity contribution >= 4 is 5.91 Å². The van der Waals surface area contributed by atoms with Gasteiger partial charge in [-0.2, -0.15) is 0 Å². The molecule has 2 saturated heterocycles. The third-order valence-electron chi connectivity index (χ3n) is 6.28. The molecule has 5 nitrogen and oxygen atoms in total. The van der Waals surface area contributed by atoms with E-state index in [-0.39, 0.29) is 11.4 Å². The molecule has 1 N–H and O–H groups in total. The first-order valence-electron chi connectivity index (χ1n) is 10.0. The third kappa shape index (κ3) is 4.30. The average Bonchev–Trinajstić information content (AvgIpc) is 2.63. The second-order valence-electron chi connectivity index (χ2n) is 8.01. The van der Waals surface area contributed by atoms with Gasteiger partial charge in [0, 0.05) is 26.2 Å². The van der Waals surface area contributed by atoms with Gasteiger partial charge in [0.05, 0.1) is 13.2 Å². The molecule has 3 fully saturated rings. The van der Waals surface area contributed by atoms with Crippen molar-refractivity contribution in [3.8, 4) is 0 Å². The van der Waals surface area contributed by atoms with Gasteiger partial charge < -0.3 is 15.0 Å². The van der Waals surface area contributed by atoms with Crippen molar-refractivity contribution in [2.75, 3.05) is 53.0 Å². The first-order valence-corrected chi connectivity index (χ1v) is 10.0. The Hall–Kier alpha value is -0.650. The number of rotatable bonds is 5. The highest BCUT2D eigenvalue weighted by Crippen LogP contribution is 2.34. The lowest BCUT2D eigenvalue weighted by atomic mass is 9.79. The minimum Gasteiger partial charge on any atom is -0.379 e. The second kappa shape index (κ2) is 8.63. The van der Waals surface area contributed by atoms with Crippen molar-refractivity contribution in [1.29, 1.82) is 0 Å². The van der Waals surface area contributed by atoms with E-state index < -0.39 is 0 Å². The fourth-order valence-electron chi connectivity index (χ4n) is 4.88. The highest BCUT2D eigenvalue weighted by atomic mass is 16.5. The van der Waals surface area contributed by atoms with Gasteiger partial charge in [-0.3, -0.25) is 9.69 Å². The van der Waals surface area contributed by atoms with E-state index in [1.54, 1.807) is 0 Å². The molecule has 2 aliphatic heterocycles. The summed E-state index contributed by atoms with van der Waals surface area (Å²) in [6.07, 6.45) is 9.40. The monoisotopic (exact) mass is 337 g/mol. The molecule has 0 aromatic carbocycles. The number of likely N-dealkylation sites (tertiary alicyclic amines) is 1. The van der Waals surface area contributed by atoms with E-state index in [1.165, 1.54) is 45.2 Å². The Balaban J connectivity index is 1.53. The van der Waals surface area contributed by atoms with Crippen LogP contribution >= 0.6 is 0 Å². The van der Waals surface area contributed by atoms with E-state index in [2.05, 4.69) is 22.2 Å². The molecule has 0 bridgehead atoms. The molecule has 0 spiro atoms. The highest BCUT2D eigenvalue weighted by molar-refractivity contribution is 5.86. The standard InChI is InChI=1S/C19H35N3O2/c1-21-11-5-6-17(16-21)7-10-20-18(23)19(8-3-2-4-9-19)22-12-14-24-15-13-22/h17H,2-16H2,1H3,(H,20,23). The lowest BCUT2D eigenvalue weighted by Gasteiger charge is -2.46. The molecule has 5 heteroatoms. The third-order valence-corrected chi connectivity index (χ3v) is 6.28. The number of piperidine rings is 1. The van der Waals surface area contributed by atoms with Crippen molar-refractivity contribution in [1.82, 2.24) is 15.1 Å². The molecule has 1 unspecified atom stereocenters. The summed E-state index contributed by atoms with van der Waals surface area (Å²) >= 11 is 0. The minimum absolute atomic E-state index is 0.259. The second-order valence-corrected chi connectivity index (χ2v) is 8.01. The smallest absolute Gasteiger partial charge is 0.240 e. The van der Waals surface area contributed by atoms with Crippen molar-refractivity contribution in [2.45, 2.75) is 56.9 Å². The first-order chi connectivity index (χ1) is 11.7. The number of hydrogen-bond acceptors (Lipinski definition) is 4. The molecule has 0 aromatic rings. The molecular formula is C19H35N3O2. The first kappa shape index (κ1) is 18.2. The number of ether oxygens (including phenoxy) is 1. The van der Waals surface area contributed by atoms with Crippen molar-refractivity contribution in [3.05, 3.63) is 0 Å². The van der Waals surface area contributed by atoms with Gasteiger partial charge in [-0.15, -0.1) is 0 Å². The molecule has 138 valence electrons. The van der Waals surface area contributed by atoms with Crippen molar-refractivity contribution < 1.29 is 9.53 Å². The van der Waals surface area contributed by atoms with E-state index in [0.29, 0.717) is 0 Å². The van der Waals surface area contributed by atoms with E-state index in [4.69, 9.17) is 4.74 Å². The van der Waals surface area contributed by atoms with Crippen LogP contribution in [0.5, 0.6) is 0 Å². The van der Waals surface area contributed by atoms with Crippen LogP contribution in [-0.2, 0) is 9.53 Å². The van der Waals surface area contributed by atoms with Gasteiger partial charge in [0.25, 0.3) is 0 Å². The predicted molar refractivity (Wildman–Crippen MR) is 96.1 cm³/mol. The molecule has 2 heterocycles. The maximum atomic E-state index is 13.1. The molecule has 1 amide bonds. The summed E-state index contributed by atoms with van der Waals surface area (Å²) in [5, 5.41) is 3.31. The highest BCUT2D eigenvalue weighted by Gasteiger charge is 2.44. The summed E-state index contributed by atoms with van der Waals surface area (Å²) in [4.78, 5) is 18.0. The number of carbonyl (C=O) groups excluding carboxylic acids is 1. The van der Waals surface area contributed by atoms with Gasteiger partial charge in [0.2, 0.25) is 5.91 Å². The topological polar surface area (TPSA) is 44.8 Å². The SMILES string of the molecule is CN1CCCC(CCNC(=O)C2(N3CCOCC3)CCCCC2)C1. The van der Waals surface area contributed by atoms with Crippen LogP contribution in [0.3, 0.4) is 0 Å². The molecule has 3 rings (SSSR count). The largest absolute Gasteiger partial charge is 0.379 e. The predicted octanol–water partition coefficient (Wildman–Crippen LogP) is 1.87. The molecule has 0 radical (unpaired) electrons. The van der Waals surface area contributed by atoms with Gasteiger partial charge in [-0.1, -0.05) is 19.3 Å². The van der Waals surface area contributed by atoms with Crippen LogP contribution in [0.2, 0.25) is 0 Å². The Morgan fingerprint density at radius 2 is 1.88 bits per heavy atom. The zero-order chi connectivity index (χ0) is 16.8. The van der Waals surface area contributed by atoms with Crippen molar-refractivity contribution in [3.63, 3.8) is 0 Å². The Kier molecular flexibility index (Phi) is 6.53. The molecular weight excluding hydrogens is 302 g/mol. The van der Waals surface area contributed by atoms with E-state index in [9.17, 15) is 4.79 Å². The van der Waals surface area contributed by atoms with Crippen LogP contribution in [-0.4, -0.2) is 74.2 Å². The molecule has 1 saturated carbocycles. The zero-order valence-corrected chi connectivity index (χ0v) is 15.4. The summed E-state index contributed by atoms with van der Waals surface area (Å²) in [5.41, 5.74) is -0.259. The Morgan fingerprint density at radius 1 is 1.12 bits per heavy atom. The van der Waals surface area contributed by atoms with Crippen LogP contribution in [0, 0.1) is 5.92 Å². The number of morpholine rings is 1. The molecule has 1 atom stereocenters. The quantitative estimate of drug-likeness (QED) is 0.832. The number of nitrogens with one attached hydrogen (secondary N) is 1. The molecule has 1 aliphatic carbocycles. The van der Waals surface area contributed by atoms with Gasteiger partial charge >= 0.3 is 0 Å². The van der Waals surface area contributed by atoms with Gasteiger partial charge in [-0.05, 0) is 51.6 Å². The van der Waals surface area contributed by atoms with Crippen LogP contribution in [0.25, 0.3) is 0 Å².